The number of rotatable bonds is 7. The van der Waals surface area contributed by atoms with Crippen molar-refractivity contribution in [2.75, 3.05) is 19.6 Å². The van der Waals surface area contributed by atoms with Gasteiger partial charge in [-0.1, -0.05) is 37.3 Å². The van der Waals surface area contributed by atoms with Crippen LogP contribution in [0.25, 0.3) is 0 Å². The van der Waals surface area contributed by atoms with Crippen molar-refractivity contribution in [2.24, 2.45) is 5.92 Å². The van der Waals surface area contributed by atoms with Gasteiger partial charge in [0.1, 0.15) is 11.9 Å². The first-order valence-corrected chi connectivity index (χ1v) is 11.1. The molecule has 0 aromatic heterocycles. The zero-order chi connectivity index (χ0) is 23.1. The summed E-state index contributed by atoms with van der Waals surface area (Å²) < 4.78 is 14.0. The lowest BCUT2D eigenvalue weighted by molar-refractivity contribution is -0.124. The van der Waals surface area contributed by atoms with Crippen LogP contribution in [0.4, 0.5) is 4.39 Å². The summed E-state index contributed by atoms with van der Waals surface area (Å²) in [5, 5.41) is 5.81. The van der Waals surface area contributed by atoms with E-state index in [0.29, 0.717) is 38.0 Å². The Hall–Kier alpha value is -3.22. The summed E-state index contributed by atoms with van der Waals surface area (Å²) in [6.45, 7) is 5.15. The molecule has 2 N–H and O–H groups in total. The van der Waals surface area contributed by atoms with E-state index >= 15 is 0 Å². The van der Waals surface area contributed by atoms with Gasteiger partial charge in [-0.25, -0.2) is 4.39 Å². The number of nitrogens with one attached hydrogen (secondary N) is 2. The van der Waals surface area contributed by atoms with Gasteiger partial charge in [-0.3, -0.25) is 14.4 Å². The Morgan fingerprint density at radius 1 is 1.03 bits per heavy atom. The number of halogens is 1. The molecule has 1 heterocycles. The largest absolute Gasteiger partial charge is 0.354 e. The number of amides is 3. The molecule has 7 heteroatoms. The summed E-state index contributed by atoms with van der Waals surface area (Å²) in [5.41, 5.74) is 1.42. The standard InChI is InChI=1S/C25H30FN3O3/c1-3-14-27-24(31)22(28-23(30)19-9-5-4-8-17(19)2)18-12-15-29(16-13-18)25(32)20-10-6-7-11-21(20)26/h4-11,18,22H,3,12-16H2,1-2H3,(H,27,31)(H,28,30)/t22-/m0/s1. The van der Waals surface area contributed by atoms with Gasteiger partial charge in [0.05, 0.1) is 5.56 Å². The number of hydrogen-bond donors (Lipinski definition) is 2. The molecule has 0 saturated carbocycles. The van der Waals surface area contributed by atoms with Crippen LogP contribution in [-0.4, -0.2) is 48.3 Å². The van der Waals surface area contributed by atoms with Crippen molar-refractivity contribution in [1.82, 2.24) is 15.5 Å². The Bertz CT molecular complexity index is 970. The summed E-state index contributed by atoms with van der Waals surface area (Å²) in [6, 6.07) is 12.5. The topological polar surface area (TPSA) is 78.5 Å². The maximum absolute atomic E-state index is 14.0. The summed E-state index contributed by atoms with van der Waals surface area (Å²) in [6.07, 6.45) is 1.87. The number of likely N-dealkylation sites (tertiary alicyclic amines) is 1. The molecule has 0 unspecified atom stereocenters. The van der Waals surface area contributed by atoms with E-state index in [1.807, 2.05) is 26.0 Å². The van der Waals surface area contributed by atoms with Crippen LogP contribution in [0.2, 0.25) is 0 Å². The van der Waals surface area contributed by atoms with E-state index in [4.69, 9.17) is 0 Å². The number of nitrogens with zero attached hydrogens (tertiary/aromatic N) is 1. The lowest BCUT2D eigenvalue weighted by atomic mass is 9.88. The van der Waals surface area contributed by atoms with Crippen LogP contribution >= 0.6 is 0 Å². The highest BCUT2D eigenvalue weighted by Crippen LogP contribution is 2.24. The molecule has 0 radical (unpaired) electrons. The normalized spacial score (nSPS) is 15.2. The number of hydrogen-bond acceptors (Lipinski definition) is 3. The number of aryl methyl sites for hydroxylation is 1. The third-order valence-electron chi connectivity index (χ3n) is 5.91. The van der Waals surface area contributed by atoms with Crippen LogP contribution < -0.4 is 10.6 Å². The van der Waals surface area contributed by atoms with Gasteiger partial charge < -0.3 is 15.5 Å². The van der Waals surface area contributed by atoms with E-state index < -0.39 is 11.9 Å². The molecule has 1 aliphatic heterocycles. The Balaban J connectivity index is 1.70. The molecule has 0 bridgehead atoms. The van der Waals surface area contributed by atoms with Gasteiger partial charge in [0.2, 0.25) is 5.91 Å². The third kappa shape index (κ3) is 5.52. The van der Waals surface area contributed by atoms with Gasteiger partial charge in [0.25, 0.3) is 11.8 Å². The molecule has 32 heavy (non-hydrogen) atoms. The lowest BCUT2D eigenvalue weighted by Crippen LogP contribution is -2.54. The van der Waals surface area contributed by atoms with Crippen LogP contribution in [0.5, 0.6) is 0 Å². The zero-order valence-electron chi connectivity index (χ0n) is 18.6. The number of benzene rings is 2. The molecule has 1 atom stereocenters. The molecule has 3 amide bonds. The highest BCUT2D eigenvalue weighted by Gasteiger charge is 2.34. The second-order valence-electron chi connectivity index (χ2n) is 8.17. The maximum Gasteiger partial charge on any atom is 0.256 e. The third-order valence-corrected chi connectivity index (χ3v) is 5.91. The fourth-order valence-electron chi connectivity index (χ4n) is 4.04. The van der Waals surface area contributed by atoms with Gasteiger partial charge in [-0.2, -0.15) is 0 Å². The summed E-state index contributed by atoms with van der Waals surface area (Å²) in [4.78, 5) is 40.1. The predicted molar refractivity (Wildman–Crippen MR) is 121 cm³/mol. The Kier molecular flexibility index (Phi) is 7.98. The van der Waals surface area contributed by atoms with E-state index in [-0.39, 0.29) is 29.2 Å². The Morgan fingerprint density at radius 2 is 1.66 bits per heavy atom. The average Bonchev–Trinajstić information content (AvgIpc) is 2.81. The first-order chi connectivity index (χ1) is 15.4. The smallest absolute Gasteiger partial charge is 0.256 e. The maximum atomic E-state index is 14.0. The van der Waals surface area contributed by atoms with Crippen molar-refractivity contribution in [3.05, 3.63) is 71.0 Å². The SMILES string of the molecule is CCCNC(=O)[C@@H](NC(=O)c1ccccc1C)C1CCN(C(=O)c2ccccc2F)CC1. The molecule has 0 spiro atoms. The first kappa shape index (κ1) is 23.4. The highest BCUT2D eigenvalue weighted by molar-refractivity contribution is 5.98. The van der Waals surface area contributed by atoms with Gasteiger partial charge >= 0.3 is 0 Å². The molecule has 2 aromatic rings. The predicted octanol–water partition coefficient (Wildman–Crippen LogP) is 3.31. The minimum Gasteiger partial charge on any atom is -0.354 e. The monoisotopic (exact) mass is 439 g/mol. The molecule has 170 valence electrons. The van der Waals surface area contributed by atoms with Crippen molar-refractivity contribution in [3.63, 3.8) is 0 Å². The molecule has 0 aliphatic carbocycles. The molecular weight excluding hydrogens is 409 g/mol. The van der Waals surface area contributed by atoms with Crippen LogP contribution in [0, 0.1) is 18.7 Å². The van der Waals surface area contributed by atoms with Crippen molar-refractivity contribution in [3.8, 4) is 0 Å². The fraction of sp³-hybridized carbons (Fsp3) is 0.400. The molecule has 3 rings (SSSR count). The zero-order valence-corrected chi connectivity index (χ0v) is 18.6. The summed E-state index contributed by atoms with van der Waals surface area (Å²) in [7, 11) is 0. The first-order valence-electron chi connectivity index (χ1n) is 11.1. The average molecular weight is 440 g/mol. The fourth-order valence-corrected chi connectivity index (χ4v) is 4.04. The molecule has 1 saturated heterocycles. The number of carbonyl (C=O) groups excluding carboxylic acids is 3. The van der Waals surface area contributed by atoms with Gasteiger partial charge in [-0.15, -0.1) is 0 Å². The molecule has 6 nitrogen and oxygen atoms in total. The van der Waals surface area contributed by atoms with E-state index in [9.17, 15) is 18.8 Å². The minimum atomic E-state index is -0.695. The minimum absolute atomic E-state index is 0.0519. The quantitative estimate of drug-likeness (QED) is 0.695. The van der Waals surface area contributed by atoms with Crippen LogP contribution in [0.15, 0.2) is 48.5 Å². The van der Waals surface area contributed by atoms with Crippen molar-refractivity contribution < 1.29 is 18.8 Å². The van der Waals surface area contributed by atoms with E-state index in [1.165, 1.54) is 12.1 Å². The second-order valence-corrected chi connectivity index (χ2v) is 8.17. The molecular formula is C25H30FN3O3. The summed E-state index contributed by atoms with van der Waals surface area (Å²) >= 11 is 0. The Labute approximate surface area is 188 Å². The highest BCUT2D eigenvalue weighted by atomic mass is 19.1. The molecule has 1 aliphatic rings. The lowest BCUT2D eigenvalue weighted by Gasteiger charge is -2.36. The summed E-state index contributed by atoms with van der Waals surface area (Å²) in [5.74, 6) is -1.51. The van der Waals surface area contributed by atoms with Gasteiger partial charge in [-0.05, 0) is 55.9 Å². The second kappa shape index (κ2) is 10.9. The van der Waals surface area contributed by atoms with E-state index in [0.717, 1.165) is 12.0 Å². The molecule has 2 aromatic carbocycles. The Morgan fingerprint density at radius 3 is 2.28 bits per heavy atom. The number of carbonyl (C=O) groups is 3. The van der Waals surface area contributed by atoms with E-state index in [2.05, 4.69) is 10.6 Å². The van der Waals surface area contributed by atoms with Crippen LogP contribution in [0.3, 0.4) is 0 Å². The van der Waals surface area contributed by atoms with Crippen LogP contribution in [0.1, 0.15) is 52.5 Å². The van der Waals surface area contributed by atoms with Crippen LogP contribution in [-0.2, 0) is 4.79 Å². The van der Waals surface area contributed by atoms with E-state index in [1.54, 1.807) is 29.2 Å². The molecule has 1 fully saturated rings. The van der Waals surface area contributed by atoms with Crippen molar-refractivity contribution in [1.29, 1.82) is 0 Å². The van der Waals surface area contributed by atoms with Crippen molar-refractivity contribution in [2.45, 2.75) is 39.2 Å². The number of piperidine rings is 1. The van der Waals surface area contributed by atoms with Gasteiger partial charge in [0.15, 0.2) is 0 Å². The van der Waals surface area contributed by atoms with Gasteiger partial charge in [0, 0.05) is 25.2 Å². The van der Waals surface area contributed by atoms with Crippen molar-refractivity contribution >= 4 is 17.7 Å².